The van der Waals surface area contributed by atoms with Gasteiger partial charge in [0.15, 0.2) is 6.04 Å². The van der Waals surface area contributed by atoms with E-state index in [9.17, 15) is 4.79 Å². The summed E-state index contributed by atoms with van der Waals surface area (Å²) in [5.41, 5.74) is 3.43. The smallest absolute Gasteiger partial charge is 0.251 e. The highest BCUT2D eigenvalue weighted by Crippen LogP contribution is 2.44. The predicted octanol–water partition coefficient (Wildman–Crippen LogP) is 2.37. The van der Waals surface area contributed by atoms with Gasteiger partial charge >= 0.3 is 0 Å². The first kappa shape index (κ1) is 14.1. The Labute approximate surface area is 137 Å². The number of likely N-dealkylation sites (tertiary alicyclic amines) is 1. The predicted molar refractivity (Wildman–Crippen MR) is 85.6 cm³/mol. The molecule has 1 fully saturated rings. The fourth-order valence-electron chi connectivity index (χ4n) is 3.06. The van der Waals surface area contributed by atoms with Crippen LogP contribution in [0.1, 0.15) is 28.8 Å². The van der Waals surface area contributed by atoms with E-state index in [4.69, 9.17) is 0 Å². The molecule has 3 heterocycles. The highest BCUT2D eigenvalue weighted by atomic mass is 32.1. The van der Waals surface area contributed by atoms with Gasteiger partial charge < -0.3 is 4.90 Å². The lowest BCUT2D eigenvalue weighted by atomic mass is 9.87. The van der Waals surface area contributed by atoms with E-state index in [0.717, 1.165) is 11.1 Å². The number of carbonyl (C=O) groups excluding carboxylic acids is 1. The minimum absolute atomic E-state index is 0.0502. The SMILES string of the molecule is Cc1cccc([C@@H]2[C@H](n3cnnn3)C(=O)N2Cc2ccsc2)c1. The second-order valence-corrected chi connectivity index (χ2v) is 6.47. The van der Waals surface area contributed by atoms with Gasteiger partial charge in [0.2, 0.25) is 0 Å². The summed E-state index contributed by atoms with van der Waals surface area (Å²) in [5.74, 6) is 0.0509. The van der Waals surface area contributed by atoms with Gasteiger partial charge in [0.05, 0.1) is 6.04 Å². The molecule has 0 bridgehead atoms. The van der Waals surface area contributed by atoms with E-state index in [0.29, 0.717) is 6.54 Å². The molecule has 0 unspecified atom stereocenters. The maximum atomic E-state index is 12.7. The molecule has 0 spiro atoms. The summed E-state index contributed by atoms with van der Waals surface area (Å²) in [5, 5.41) is 15.4. The minimum Gasteiger partial charge on any atom is -0.327 e. The molecule has 1 aliphatic heterocycles. The van der Waals surface area contributed by atoms with Crippen LogP contribution in [-0.4, -0.2) is 31.0 Å². The lowest BCUT2D eigenvalue weighted by molar-refractivity contribution is -0.157. The van der Waals surface area contributed by atoms with Gasteiger partial charge in [0.1, 0.15) is 6.33 Å². The molecule has 6 nitrogen and oxygen atoms in total. The highest BCUT2D eigenvalue weighted by Gasteiger charge is 2.50. The van der Waals surface area contributed by atoms with Gasteiger partial charge in [-0.05, 0) is 45.3 Å². The largest absolute Gasteiger partial charge is 0.327 e. The number of benzene rings is 1. The van der Waals surface area contributed by atoms with Crippen LogP contribution in [0, 0.1) is 6.92 Å². The molecule has 0 N–H and O–H groups in total. The average molecular weight is 325 g/mol. The Morgan fingerprint density at radius 3 is 2.87 bits per heavy atom. The van der Waals surface area contributed by atoms with Crippen molar-refractivity contribution in [1.82, 2.24) is 25.1 Å². The van der Waals surface area contributed by atoms with E-state index < -0.39 is 0 Å². The Morgan fingerprint density at radius 1 is 1.26 bits per heavy atom. The highest BCUT2D eigenvalue weighted by molar-refractivity contribution is 7.07. The molecule has 2 atom stereocenters. The topological polar surface area (TPSA) is 63.9 Å². The fourth-order valence-corrected chi connectivity index (χ4v) is 3.72. The van der Waals surface area contributed by atoms with Crippen molar-refractivity contribution in [3.63, 3.8) is 0 Å². The first-order valence-electron chi connectivity index (χ1n) is 7.34. The maximum absolute atomic E-state index is 12.7. The van der Waals surface area contributed by atoms with Crippen molar-refractivity contribution in [2.75, 3.05) is 0 Å². The molecule has 1 aliphatic rings. The standard InChI is InChI=1S/C16H15N5OS/c1-11-3-2-4-13(7-11)14-15(21-10-17-18-19-21)16(22)20(14)8-12-5-6-23-9-12/h2-7,9-10,14-15H,8H2,1H3/t14-,15+/m1/s1. The first-order valence-corrected chi connectivity index (χ1v) is 8.29. The number of β-lactam (4-membered cyclic amide) rings is 1. The molecule has 1 amide bonds. The molecule has 0 aliphatic carbocycles. The van der Waals surface area contributed by atoms with Crippen LogP contribution >= 0.6 is 11.3 Å². The van der Waals surface area contributed by atoms with E-state index >= 15 is 0 Å². The van der Waals surface area contributed by atoms with Crippen molar-refractivity contribution in [1.29, 1.82) is 0 Å². The molecule has 23 heavy (non-hydrogen) atoms. The molecule has 116 valence electrons. The number of thiophene rings is 1. The van der Waals surface area contributed by atoms with Gasteiger partial charge in [-0.1, -0.05) is 29.8 Å². The zero-order valence-corrected chi connectivity index (χ0v) is 13.3. The molecule has 4 rings (SSSR count). The van der Waals surface area contributed by atoms with Crippen LogP contribution < -0.4 is 0 Å². The summed E-state index contributed by atoms with van der Waals surface area (Å²) in [6.45, 7) is 2.67. The lowest BCUT2D eigenvalue weighted by Gasteiger charge is -2.46. The molecule has 0 radical (unpaired) electrons. The monoisotopic (exact) mass is 325 g/mol. The molecule has 1 aromatic carbocycles. The number of nitrogens with zero attached hydrogens (tertiary/aromatic N) is 5. The summed E-state index contributed by atoms with van der Waals surface area (Å²) in [6.07, 6.45) is 1.51. The van der Waals surface area contributed by atoms with E-state index in [1.54, 1.807) is 16.0 Å². The number of amides is 1. The Hall–Kier alpha value is -2.54. The Morgan fingerprint density at radius 2 is 2.17 bits per heavy atom. The number of tetrazole rings is 1. The molecule has 3 aromatic rings. The van der Waals surface area contributed by atoms with Crippen molar-refractivity contribution in [3.05, 3.63) is 64.1 Å². The van der Waals surface area contributed by atoms with Crippen LogP contribution in [0.2, 0.25) is 0 Å². The van der Waals surface area contributed by atoms with Crippen LogP contribution in [-0.2, 0) is 11.3 Å². The van der Waals surface area contributed by atoms with Gasteiger partial charge in [-0.15, -0.1) is 5.10 Å². The zero-order valence-electron chi connectivity index (χ0n) is 12.5. The van der Waals surface area contributed by atoms with E-state index in [1.807, 2.05) is 16.3 Å². The average Bonchev–Trinajstić information content (AvgIpc) is 3.23. The molecule has 2 aromatic heterocycles. The first-order chi connectivity index (χ1) is 11.2. The third kappa shape index (κ3) is 2.43. The molecule has 1 saturated heterocycles. The second kappa shape index (κ2) is 5.58. The summed E-state index contributed by atoms with van der Waals surface area (Å²) >= 11 is 1.64. The second-order valence-electron chi connectivity index (χ2n) is 5.69. The van der Waals surface area contributed by atoms with Crippen LogP contribution in [0.3, 0.4) is 0 Å². The van der Waals surface area contributed by atoms with Crippen LogP contribution in [0.4, 0.5) is 0 Å². The molecule has 7 heteroatoms. The molecule has 0 saturated carbocycles. The number of aryl methyl sites for hydroxylation is 1. The van der Waals surface area contributed by atoms with Gasteiger partial charge in [0, 0.05) is 6.54 Å². The van der Waals surface area contributed by atoms with Crippen LogP contribution in [0.5, 0.6) is 0 Å². The lowest BCUT2D eigenvalue weighted by Crippen LogP contribution is -2.55. The van der Waals surface area contributed by atoms with Crippen molar-refractivity contribution < 1.29 is 4.79 Å². The van der Waals surface area contributed by atoms with Crippen molar-refractivity contribution >= 4 is 17.2 Å². The number of carbonyl (C=O) groups is 1. The van der Waals surface area contributed by atoms with E-state index in [2.05, 4.69) is 52.1 Å². The van der Waals surface area contributed by atoms with Crippen molar-refractivity contribution in [2.45, 2.75) is 25.6 Å². The number of hydrogen-bond donors (Lipinski definition) is 0. The van der Waals surface area contributed by atoms with Gasteiger partial charge in [-0.3, -0.25) is 4.79 Å². The maximum Gasteiger partial charge on any atom is 0.251 e. The van der Waals surface area contributed by atoms with E-state index in [-0.39, 0.29) is 18.0 Å². The number of aromatic nitrogens is 4. The summed E-state index contributed by atoms with van der Waals surface area (Å²) in [7, 11) is 0. The number of hydrogen-bond acceptors (Lipinski definition) is 5. The van der Waals surface area contributed by atoms with Crippen LogP contribution in [0.15, 0.2) is 47.4 Å². The van der Waals surface area contributed by atoms with Crippen LogP contribution in [0.25, 0.3) is 0 Å². The third-order valence-electron chi connectivity index (χ3n) is 4.14. The summed E-state index contributed by atoms with van der Waals surface area (Å²) in [6, 6.07) is 9.88. The van der Waals surface area contributed by atoms with Gasteiger partial charge in [0.25, 0.3) is 5.91 Å². The molecular formula is C16H15N5OS. The summed E-state index contributed by atoms with van der Waals surface area (Å²) in [4.78, 5) is 14.6. The van der Waals surface area contributed by atoms with Gasteiger partial charge in [-0.2, -0.15) is 11.3 Å². The fraction of sp³-hybridized carbons (Fsp3) is 0.250. The van der Waals surface area contributed by atoms with Gasteiger partial charge in [-0.25, -0.2) is 4.68 Å². The van der Waals surface area contributed by atoms with Crippen molar-refractivity contribution in [2.24, 2.45) is 0 Å². The quantitative estimate of drug-likeness (QED) is 0.691. The Balaban J connectivity index is 1.70. The number of rotatable bonds is 4. The minimum atomic E-state index is -0.370. The third-order valence-corrected chi connectivity index (χ3v) is 4.87. The Kier molecular flexibility index (Phi) is 3.42. The normalized spacial score (nSPS) is 20.6. The Bertz CT molecular complexity index is 815. The summed E-state index contributed by atoms with van der Waals surface area (Å²) < 4.78 is 1.56. The zero-order chi connectivity index (χ0) is 15.8. The van der Waals surface area contributed by atoms with E-state index in [1.165, 1.54) is 11.9 Å². The van der Waals surface area contributed by atoms with Crippen molar-refractivity contribution in [3.8, 4) is 0 Å². The molecular weight excluding hydrogens is 310 g/mol.